The molecule has 2 aromatic carbocycles. The summed E-state index contributed by atoms with van der Waals surface area (Å²) in [5.41, 5.74) is 6.38. The van der Waals surface area contributed by atoms with Crippen LogP contribution in [0.3, 0.4) is 0 Å². The molecule has 2 saturated heterocycles. The Hall–Kier alpha value is -2.91. The summed E-state index contributed by atoms with van der Waals surface area (Å²) >= 11 is 0. The lowest BCUT2D eigenvalue weighted by atomic mass is 9.93. The minimum atomic E-state index is -4.50. The van der Waals surface area contributed by atoms with Crippen molar-refractivity contribution in [3.8, 4) is 0 Å². The summed E-state index contributed by atoms with van der Waals surface area (Å²) in [6.07, 6.45) is -4.50. The lowest BCUT2D eigenvalue weighted by Crippen LogP contribution is -2.52. The molecule has 2 heterocycles. The maximum Gasteiger partial charge on any atom is 0.416 e. The molecular formula is C22H23F3N4O2. The quantitative estimate of drug-likeness (QED) is 0.782. The van der Waals surface area contributed by atoms with Crippen molar-refractivity contribution in [2.45, 2.75) is 12.2 Å². The Kier molecular flexibility index (Phi) is 5.97. The van der Waals surface area contributed by atoms with Crippen LogP contribution < -0.4 is 10.9 Å². The summed E-state index contributed by atoms with van der Waals surface area (Å²) in [4.78, 5) is 29.0. The van der Waals surface area contributed by atoms with Crippen LogP contribution in [0.2, 0.25) is 0 Å². The number of hydrogen-bond donors (Lipinski definition) is 2. The average molecular weight is 432 g/mol. The highest BCUT2D eigenvalue weighted by Crippen LogP contribution is 2.30. The lowest BCUT2D eigenvalue weighted by molar-refractivity contribution is -0.138. The smallest absolute Gasteiger partial charge is 0.339 e. The number of amides is 2. The van der Waals surface area contributed by atoms with Gasteiger partial charge in [0.05, 0.1) is 17.5 Å². The number of hydrazine groups is 1. The standard InChI is InChI=1S/C22H23F3N4O2/c23-22(24,25)17-8-4-7-16(13-17)20(30)28-9-11-29(12-10-28)21(31)18-14-26-27-19(18)15-5-2-1-3-6-15/h1-8,13,18-19,26-27H,9-12,14H2. The number of hydrogen-bond acceptors (Lipinski definition) is 4. The van der Waals surface area contributed by atoms with E-state index in [0.717, 1.165) is 17.7 Å². The van der Waals surface area contributed by atoms with Crippen molar-refractivity contribution >= 4 is 11.8 Å². The summed E-state index contributed by atoms with van der Waals surface area (Å²) in [5.74, 6) is -0.727. The van der Waals surface area contributed by atoms with Gasteiger partial charge in [-0.25, -0.2) is 5.43 Å². The maximum atomic E-state index is 13.1. The monoisotopic (exact) mass is 432 g/mol. The van der Waals surface area contributed by atoms with E-state index in [-0.39, 0.29) is 36.5 Å². The van der Waals surface area contributed by atoms with E-state index in [1.807, 2.05) is 30.3 Å². The van der Waals surface area contributed by atoms with E-state index in [1.54, 1.807) is 4.90 Å². The van der Waals surface area contributed by atoms with Crippen LogP contribution in [0.4, 0.5) is 13.2 Å². The van der Waals surface area contributed by atoms with E-state index >= 15 is 0 Å². The number of alkyl halides is 3. The molecule has 2 unspecified atom stereocenters. The molecule has 0 bridgehead atoms. The second kappa shape index (κ2) is 8.68. The molecule has 0 spiro atoms. The fraction of sp³-hybridized carbons (Fsp3) is 0.364. The minimum Gasteiger partial charge on any atom is -0.339 e. The first kappa shape index (κ1) is 21.3. The van der Waals surface area contributed by atoms with Gasteiger partial charge in [-0.1, -0.05) is 36.4 Å². The van der Waals surface area contributed by atoms with Crippen LogP contribution >= 0.6 is 0 Å². The third kappa shape index (κ3) is 4.57. The number of rotatable bonds is 3. The van der Waals surface area contributed by atoms with Gasteiger partial charge in [-0.2, -0.15) is 13.2 Å². The third-order valence-electron chi connectivity index (χ3n) is 5.77. The zero-order valence-electron chi connectivity index (χ0n) is 16.7. The number of carbonyl (C=O) groups is 2. The SMILES string of the molecule is O=C(c1cccc(C(F)(F)F)c1)N1CCN(C(=O)C2CNNC2c2ccccc2)CC1. The van der Waals surface area contributed by atoms with E-state index in [2.05, 4.69) is 10.9 Å². The second-order valence-corrected chi connectivity index (χ2v) is 7.72. The van der Waals surface area contributed by atoms with Gasteiger partial charge in [0.2, 0.25) is 5.91 Å². The Labute approximate surface area is 178 Å². The van der Waals surface area contributed by atoms with E-state index < -0.39 is 17.6 Å². The molecule has 0 radical (unpaired) electrons. The van der Waals surface area contributed by atoms with Gasteiger partial charge in [0.1, 0.15) is 0 Å². The number of benzene rings is 2. The topological polar surface area (TPSA) is 64.7 Å². The molecule has 2 aliphatic rings. The third-order valence-corrected chi connectivity index (χ3v) is 5.77. The van der Waals surface area contributed by atoms with Gasteiger partial charge in [-0.05, 0) is 23.8 Å². The number of halogens is 3. The summed E-state index contributed by atoms with van der Waals surface area (Å²) in [6, 6.07) is 14.0. The highest BCUT2D eigenvalue weighted by atomic mass is 19.4. The predicted octanol–water partition coefficient (Wildman–Crippen LogP) is 2.46. The van der Waals surface area contributed by atoms with Gasteiger partial charge in [-0.3, -0.25) is 15.0 Å². The van der Waals surface area contributed by atoms with Crippen LogP contribution in [-0.2, 0) is 11.0 Å². The van der Waals surface area contributed by atoms with E-state index in [1.165, 1.54) is 17.0 Å². The van der Waals surface area contributed by atoms with E-state index in [4.69, 9.17) is 0 Å². The molecule has 164 valence electrons. The van der Waals surface area contributed by atoms with Crippen LogP contribution in [0, 0.1) is 5.92 Å². The van der Waals surface area contributed by atoms with Crippen LogP contribution in [0.1, 0.15) is 27.5 Å². The van der Waals surface area contributed by atoms with Gasteiger partial charge >= 0.3 is 6.18 Å². The molecule has 0 aromatic heterocycles. The van der Waals surface area contributed by atoms with Crippen molar-refractivity contribution in [1.82, 2.24) is 20.7 Å². The van der Waals surface area contributed by atoms with Crippen molar-refractivity contribution in [2.24, 2.45) is 5.92 Å². The zero-order valence-corrected chi connectivity index (χ0v) is 16.7. The van der Waals surface area contributed by atoms with Crippen molar-refractivity contribution in [1.29, 1.82) is 0 Å². The molecule has 2 atom stereocenters. The Morgan fingerprint density at radius 2 is 1.58 bits per heavy atom. The predicted molar refractivity (Wildman–Crippen MR) is 108 cm³/mol. The molecule has 2 aromatic rings. The molecule has 2 N–H and O–H groups in total. The molecule has 31 heavy (non-hydrogen) atoms. The normalized spacial score (nSPS) is 21.9. The fourth-order valence-electron chi connectivity index (χ4n) is 4.08. The van der Waals surface area contributed by atoms with Crippen LogP contribution in [0.25, 0.3) is 0 Å². The second-order valence-electron chi connectivity index (χ2n) is 7.72. The highest BCUT2D eigenvalue weighted by Gasteiger charge is 2.38. The number of piperazine rings is 1. The zero-order chi connectivity index (χ0) is 22.0. The molecule has 0 saturated carbocycles. The van der Waals surface area contributed by atoms with E-state index in [0.29, 0.717) is 19.6 Å². The summed E-state index contributed by atoms with van der Waals surface area (Å²) in [7, 11) is 0. The molecule has 0 aliphatic carbocycles. The molecule has 6 nitrogen and oxygen atoms in total. The van der Waals surface area contributed by atoms with Gasteiger partial charge in [0.15, 0.2) is 0 Å². The van der Waals surface area contributed by atoms with Crippen LogP contribution in [0.15, 0.2) is 54.6 Å². The minimum absolute atomic E-state index is 0.00230. The Morgan fingerprint density at radius 1 is 0.903 bits per heavy atom. The van der Waals surface area contributed by atoms with Gasteiger partial charge in [0.25, 0.3) is 5.91 Å². The lowest BCUT2D eigenvalue weighted by Gasteiger charge is -2.36. The molecule has 2 amide bonds. The number of nitrogens with zero attached hydrogens (tertiary/aromatic N) is 2. The van der Waals surface area contributed by atoms with Crippen molar-refractivity contribution in [2.75, 3.05) is 32.7 Å². The molecule has 2 fully saturated rings. The maximum absolute atomic E-state index is 13.1. The van der Waals surface area contributed by atoms with Crippen molar-refractivity contribution in [3.05, 3.63) is 71.3 Å². The first-order valence-electron chi connectivity index (χ1n) is 10.1. The number of carbonyl (C=O) groups excluding carboxylic acids is 2. The Morgan fingerprint density at radius 3 is 2.26 bits per heavy atom. The highest BCUT2D eigenvalue weighted by molar-refractivity contribution is 5.94. The largest absolute Gasteiger partial charge is 0.416 e. The summed E-state index contributed by atoms with van der Waals surface area (Å²) in [5, 5.41) is 0. The first-order chi connectivity index (χ1) is 14.8. The van der Waals surface area contributed by atoms with Crippen molar-refractivity contribution in [3.63, 3.8) is 0 Å². The molecule has 9 heteroatoms. The molecule has 2 aliphatic heterocycles. The van der Waals surface area contributed by atoms with Crippen molar-refractivity contribution < 1.29 is 22.8 Å². The van der Waals surface area contributed by atoms with Gasteiger partial charge in [-0.15, -0.1) is 0 Å². The summed E-state index contributed by atoms with van der Waals surface area (Å²) in [6.45, 7) is 1.76. The average Bonchev–Trinajstić information content (AvgIpc) is 3.28. The van der Waals surface area contributed by atoms with Crippen LogP contribution in [-0.4, -0.2) is 54.3 Å². The summed E-state index contributed by atoms with van der Waals surface area (Å²) < 4.78 is 38.8. The Bertz CT molecular complexity index is 943. The fourth-order valence-corrected chi connectivity index (χ4v) is 4.08. The molecule has 4 rings (SSSR count). The van der Waals surface area contributed by atoms with Gasteiger partial charge in [0, 0.05) is 38.3 Å². The molecular weight excluding hydrogens is 409 g/mol. The number of nitrogens with one attached hydrogen (secondary N) is 2. The van der Waals surface area contributed by atoms with Crippen LogP contribution in [0.5, 0.6) is 0 Å². The Balaban J connectivity index is 1.38. The van der Waals surface area contributed by atoms with Gasteiger partial charge < -0.3 is 9.80 Å². The van der Waals surface area contributed by atoms with E-state index in [9.17, 15) is 22.8 Å². The first-order valence-corrected chi connectivity index (χ1v) is 10.1.